The maximum Gasteiger partial charge on any atom is 0.276 e. The number of amides is 2. The van der Waals surface area contributed by atoms with Crippen LogP contribution in [0.3, 0.4) is 0 Å². The first kappa shape index (κ1) is 23.7. The van der Waals surface area contributed by atoms with E-state index < -0.39 is 23.2 Å². The van der Waals surface area contributed by atoms with Crippen LogP contribution in [-0.4, -0.2) is 72.2 Å². The van der Waals surface area contributed by atoms with E-state index in [9.17, 15) is 18.4 Å². The quantitative estimate of drug-likeness (QED) is 0.556. The average molecular weight is 489 g/mol. The van der Waals surface area contributed by atoms with Gasteiger partial charge in [-0.1, -0.05) is 6.92 Å². The summed E-state index contributed by atoms with van der Waals surface area (Å²) in [5.74, 6) is -4.15. The second-order valence-electron chi connectivity index (χ2n) is 9.95. The number of alkyl halides is 2. The minimum absolute atomic E-state index is 0.0938. The molecule has 1 aliphatic heterocycles. The van der Waals surface area contributed by atoms with Gasteiger partial charge in [0, 0.05) is 54.8 Å². The van der Waals surface area contributed by atoms with Gasteiger partial charge < -0.3 is 20.7 Å². The Labute approximate surface area is 202 Å². The average Bonchev–Trinajstić information content (AvgIpc) is 3.11. The Morgan fingerprint density at radius 3 is 2.77 bits per heavy atom. The molecule has 11 heteroatoms. The number of morpholine rings is 1. The van der Waals surface area contributed by atoms with E-state index in [1.165, 1.54) is 4.90 Å². The van der Waals surface area contributed by atoms with Gasteiger partial charge in [0.05, 0.1) is 30.6 Å². The first-order valence-electron chi connectivity index (χ1n) is 11.8. The van der Waals surface area contributed by atoms with E-state index in [0.717, 1.165) is 0 Å². The highest BCUT2D eigenvalue weighted by Crippen LogP contribution is 2.70. The summed E-state index contributed by atoms with van der Waals surface area (Å²) in [6, 6.07) is 4.62. The van der Waals surface area contributed by atoms with Gasteiger partial charge in [-0.05, 0) is 31.5 Å². The maximum absolute atomic E-state index is 14.2. The highest BCUT2D eigenvalue weighted by Gasteiger charge is 2.78. The van der Waals surface area contributed by atoms with Crippen LogP contribution >= 0.6 is 0 Å². The van der Waals surface area contributed by atoms with Gasteiger partial charge in [0.25, 0.3) is 11.8 Å². The molecule has 2 aliphatic carbocycles. The van der Waals surface area contributed by atoms with Crippen molar-refractivity contribution in [1.82, 2.24) is 15.1 Å². The van der Waals surface area contributed by atoms with Crippen molar-refractivity contribution in [1.29, 1.82) is 0 Å². The van der Waals surface area contributed by atoms with Crippen molar-refractivity contribution in [2.24, 2.45) is 11.3 Å². The lowest BCUT2D eigenvalue weighted by Crippen LogP contribution is -2.50. The van der Waals surface area contributed by atoms with Crippen molar-refractivity contribution < 1.29 is 23.1 Å². The van der Waals surface area contributed by atoms with Gasteiger partial charge in [-0.25, -0.2) is 8.78 Å². The van der Waals surface area contributed by atoms with Gasteiger partial charge >= 0.3 is 0 Å². The molecule has 2 fully saturated rings. The molecule has 1 saturated carbocycles. The van der Waals surface area contributed by atoms with Crippen molar-refractivity contribution in [2.75, 3.05) is 49.3 Å². The molecule has 4 N–H and O–H groups in total. The highest BCUT2D eigenvalue weighted by molar-refractivity contribution is 6.06. The SMILES string of the molecule is C[C@@H](C(=O)N(C)c1ccc(N)c(NC(=O)c2n[nH]c3c2C[C@@H]2C(F)(F)[C@]2(C)C3)c1)N1CCOCC1. The molecule has 0 spiro atoms. The molecule has 0 unspecified atom stereocenters. The number of rotatable bonds is 5. The summed E-state index contributed by atoms with van der Waals surface area (Å²) in [4.78, 5) is 29.7. The van der Waals surface area contributed by atoms with Crippen LogP contribution in [0.25, 0.3) is 0 Å². The highest BCUT2D eigenvalue weighted by atomic mass is 19.3. The Balaban J connectivity index is 1.31. The Morgan fingerprint density at radius 2 is 2.06 bits per heavy atom. The number of benzene rings is 1. The second-order valence-corrected chi connectivity index (χ2v) is 9.95. The van der Waals surface area contributed by atoms with Crippen LogP contribution in [0.5, 0.6) is 0 Å². The predicted molar refractivity (Wildman–Crippen MR) is 127 cm³/mol. The topological polar surface area (TPSA) is 117 Å². The fourth-order valence-corrected chi connectivity index (χ4v) is 5.37. The zero-order valence-electron chi connectivity index (χ0n) is 20.0. The number of halogens is 2. The fraction of sp³-hybridized carbons (Fsp3) is 0.542. The minimum Gasteiger partial charge on any atom is -0.397 e. The number of aromatic nitrogens is 2. The van der Waals surface area contributed by atoms with E-state index in [2.05, 4.69) is 20.4 Å². The Kier molecular flexibility index (Phi) is 5.59. The Hall–Kier alpha value is -3.05. The zero-order chi connectivity index (χ0) is 25.1. The molecule has 1 aromatic carbocycles. The number of aromatic amines is 1. The van der Waals surface area contributed by atoms with Crippen LogP contribution in [0.15, 0.2) is 18.2 Å². The summed E-state index contributed by atoms with van der Waals surface area (Å²) in [6.07, 6.45) is 0.260. The number of H-pyrrole nitrogens is 1. The van der Waals surface area contributed by atoms with Crippen LogP contribution in [-0.2, 0) is 22.4 Å². The molecule has 9 nitrogen and oxygen atoms in total. The normalized spacial score (nSPS) is 25.8. The van der Waals surface area contributed by atoms with Crippen molar-refractivity contribution in [3.63, 3.8) is 0 Å². The van der Waals surface area contributed by atoms with Crippen LogP contribution in [0, 0.1) is 11.3 Å². The molecule has 0 radical (unpaired) electrons. The van der Waals surface area contributed by atoms with E-state index in [-0.39, 0.29) is 30.5 Å². The molecule has 5 rings (SSSR count). The molecule has 2 heterocycles. The molecule has 0 bridgehead atoms. The summed E-state index contributed by atoms with van der Waals surface area (Å²) >= 11 is 0. The molecule has 188 valence electrons. The summed E-state index contributed by atoms with van der Waals surface area (Å²) in [5.41, 5.74) is 7.43. The maximum atomic E-state index is 14.2. The van der Waals surface area contributed by atoms with Gasteiger partial charge in [-0.3, -0.25) is 19.6 Å². The first-order chi connectivity index (χ1) is 16.5. The standard InChI is InChI=1S/C24H30F2N6O3/c1-13(32-6-8-35-9-7-32)22(34)31(3)14-4-5-16(27)17(10-14)28-21(33)20-15-11-19-23(2,24(19,25)26)12-18(15)29-30-20/h4-5,10,13,19H,6-9,11-12,27H2,1-3H3,(H,28,33)(H,29,30)/t13-,19-,23+/m0/s1. The molecule has 1 aromatic heterocycles. The van der Waals surface area contributed by atoms with Gasteiger partial charge in [0.1, 0.15) is 0 Å². The molecule has 2 amide bonds. The first-order valence-corrected chi connectivity index (χ1v) is 11.8. The summed E-state index contributed by atoms with van der Waals surface area (Å²) in [5, 5.41) is 9.64. The van der Waals surface area contributed by atoms with E-state index in [1.807, 2.05) is 6.92 Å². The van der Waals surface area contributed by atoms with Gasteiger partial charge in [-0.15, -0.1) is 0 Å². The van der Waals surface area contributed by atoms with Crippen LogP contribution in [0.1, 0.15) is 35.6 Å². The zero-order valence-corrected chi connectivity index (χ0v) is 20.0. The van der Waals surface area contributed by atoms with Crippen molar-refractivity contribution in [2.45, 2.75) is 38.7 Å². The molecule has 35 heavy (non-hydrogen) atoms. The summed E-state index contributed by atoms with van der Waals surface area (Å²) < 4.78 is 33.8. The monoisotopic (exact) mass is 488 g/mol. The van der Waals surface area contributed by atoms with Crippen LogP contribution < -0.4 is 16.0 Å². The number of carbonyl (C=O) groups excluding carboxylic acids is 2. The lowest BCUT2D eigenvalue weighted by molar-refractivity contribution is -0.124. The van der Waals surface area contributed by atoms with Crippen molar-refractivity contribution >= 4 is 28.9 Å². The third-order valence-corrected chi connectivity index (χ3v) is 7.96. The number of carbonyl (C=O) groups is 2. The van der Waals surface area contributed by atoms with Gasteiger partial charge in [0.2, 0.25) is 5.91 Å². The number of nitrogen functional groups attached to an aromatic ring is 1. The van der Waals surface area contributed by atoms with E-state index >= 15 is 0 Å². The molecule has 1 saturated heterocycles. The molecule has 2 aromatic rings. The van der Waals surface area contributed by atoms with E-state index in [0.29, 0.717) is 54.6 Å². The number of ether oxygens (including phenoxy) is 1. The van der Waals surface area contributed by atoms with Crippen LogP contribution in [0.4, 0.5) is 25.8 Å². The Morgan fingerprint density at radius 1 is 1.34 bits per heavy atom. The number of nitrogens with one attached hydrogen (secondary N) is 2. The largest absolute Gasteiger partial charge is 0.397 e. The Bertz CT molecular complexity index is 1180. The second kappa shape index (κ2) is 8.27. The summed E-state index contributed by atoms with van der Waals surface area (Å²) in [6.45, 7) is 5.99. The number of nitrogens with zero attached hydrogens (tertiary/aromatic N) is 3. The lowest BCUT2D eigenvalue weighted by Gasteiger charge is -2.33. The third-order valence-electron chi connectivity index (χ3n) is 7.96. The van der Waals surface area contributed by atoms with E-state index in [4.69, 9.17) is 10.5 Å². The fourth-order valence-electron chi connectivity index (χ4n) is 5.37. The predicted octanol–water partition coefficient (Wildman–Crippen LogP) is 2.30. The number of hydrogen-bond acceptors (Lipinski definition) is 6. The smallest absolute Gasteiger partial charge is 0.276 e. The number of nitrogens with two attached hydrogens (primary N) is 1. The number of hydrogen-bond donors (Lipinski definition) is 3. The molecular weight excluding hydrogens is 458 g/mol. The van der Waals surface area contributed by atoms with Gasteiger partial charge in [-0.2, -0.15) is 5.10 Å². The van der Waals surface area contributed by atoms with Crippen LogP contribution in [0.2, 0.25) is 0 Å². The van der Waals surface area contributed by atoms with E-state index in [1.54, 1.807) is 32.2 Å². The van der Waals surface area contributed by atoms with Crippen molar-refractivity contribution in [3.8, 4) is 0 Å². The molecule has 3 atom stereocenters. The van der Waals surface area contributed by atoms with Crippen molar-refractivity contribution in [3.05, 3.63) is 35.2 Å². The number of likely N-dealkylation sites (N-methyl/N-ethyl adjacent to an activating group) is 1. The van der Waals surface area contributed by atoms with Gasteiger partial charge in [0.15, 0.2) is 5.69 Å². The lowest BCUT2D eigenvalue weighted by atomic mass is 9.87. The molecular formula is C24H30F2N6O3. The number of anilines is 3. The summed E-state index contributed by atoms with van der Waals surface area (Å²) in [7, 11) is 1.67. The molecule has 3 aliphatic rings. The number of fused-ring (bicyclic) bond motifs is 2. The minimum atomic E-state index is -2.74. The third kappa shape index (κ3) is 3.77.